The van der Waals surface area contributed by atoms with Crippen LogP contribution in [0.5, 0.6) is 0 Å². The predicted octanol–water partition coefficient (Wildman–Crippen LogP) is 3.16. The van der Waals surface area contributed by atoms with E-state index in [0.29, 0.717) is 32.7 Å². The summed E-state index contributed by atoms with van der Waals surface area (Å²) in [5, 5.41) is 4.99. The van der Waals surface area contributed by atoms with Gasteiger partial charge in [-0.1, -0.05) is 18.2 Å². The predicted molar refractivity (Wildman–Crippen MR) is 111 cm³/mol. The molecule has 1 saturated heterocycles. The first-order valence-corrected chi connectivity index (χ1v) is 10.00. The van der Waals surface area contributed by atoms with Crippen molar-refractivity contribution in [2.45, 2.75) is 13.8 Å². The molecule has 0 radical (unpaired) electrons. The molecular formula is C21H25N3O2S. The number of benzene rings is 1. The molecule has 2 heterocycles. The van der Waals surface area contributed by atoms with Crippen LogP contribution in [0.25, 0.3) is 6.08 Å². The maximum atomic E-state index is 12.4. The minimum atomic E-state index is -0.0129. The Morgan fingerprint density at radius 1 is 1.11 bits per heavy atom. The molecule has 0 bridgehead atoms. The van der Waals surface area contributed by atoms with Crippen molar-refractivity contribution < 1.29 is 9.59 Å². The highest BCUT2D eigenvalue weighted by Gasteiger charge is 2.21. The zero-order valence-corrected chi connectivity index (χ0v) is 16.6. The van der Waals surface area contributed by atoms with Gasteiger partial charge in [-0.3, -0.25) is 14.5 Å². The maximum absolute atomic E-state index is 12.4. The summed E-state index contributed by atoms with van der Waals surface area (Å²) < 4.78 is 0. The van der Waals surface area contributed by atoms with Gasteiger partial charge in [0.2, 0.25) is 11.8 Å². The Kier molecular flexibility index (Phi) is 6.42. The number of aryl methyl sites for hydroxylation is 1. The third-order valence-corrected chi connectivity index (χ3v) is 5.70. The van der Waals surface area contributed by atoms with Crippen LogP contribution in [-0.2, 0) is 9.59 Å². The molecule has 0 unspecified atom stereocenters. The minimum Gasteiger partial charge on any atom is -0.337 e. The van der Waals surface area contributed by atoms with E-state index in [-0.39, 0.29) is 11.8 Å². The third kappa shape index (κ3) is 5.28. The Morgan fingerprint density at radius 3 is 2.59 bits per heavy atom. The molecule has 1 N–H and O–H groups in total. The largest absolute Gasteiger partial charge is 0.337 e. The van der Waals surface area contributed by atoms with Crippen LogP contribution in [0.2, 0.25) is 0 Å². The number of anilines is 1. The normalized spacial score (nSPS) is 15.3. The van der Waals surface area contributed by atoms with E-state index in [4.69, 9.17) is 0 Å². The van der Waals surface area contributed by atoms with Gasteiger partial charge in [-0.25, -0.2) is 0 Å². The highest BCUT2D eigenvalue weighted by molar-refractivity contribution is 7.10. The molecule has 1 aromatic carbocycles. The molecule has 27 heavy (non-hydrogen) atoms. The molecule has 2 amide bonds. The second-order valence-electron chi connectivity index (χ2n) is 6.75. The van der Waals surface area contributed by atoms with Crippen LogP contribution >= 0.6 is 11.3 Å². The molecule has 0 spiro atoms. The minimum absolute atomic E-state index is 0.0129. The molecule has 1 aliphatic rings. The van der Waals surface area contributed by atoms with E-state index in [1.165, 1.54) is 0 Å². The molecule has 3 rings (SSSR count). The van der Waals surface area contributed by atoms with Crippen LogP contribution in [0.1, 0.15) is 16.0 Å². The molecule has 142 valence electrons. The van der Waals surface area contributed by atoms with Crippen molar-refractivity contribution in [2.24, 2.45) is 0 Å². The lowest BCUT2D eigenvalue weighted by atomic mass is 10.1. The SMILES string of the molecule is Cc1cccc(NC(=O)CN2CCN(C(=O)C=Cc3cccs3)CC2)c1C. The smallest absolute Gasteiger partial charge is 0.246 e. The molecule has 2 aromatic rings. The molecule has 1 aromatic heterocycles. The van der Waals surface area contributed by atoms with Crippen LogP contribution in [0.15, 0.2) is 41.8 Å². The Morgan fingerprint density at radius 2 is 1.89 bits per heavy atom. The van der Waals surface area contributed by atoms with Crippen LogP contribution in [0.3, 0.4) is 0 Å². The van der Waals surface area contributed by atoms with Crippen molar-refractivity contribution in [3.05, 3.63) is 57.8 Å². The summed E-state index contributed by atoms with van der Waals surface area (Å²) in [5.74, 6) is 0.0176. The van der Waals surface area contributed by atoms with Crippen LogP contribution in [0.4, 0.5) is 5.69 Å². The number of nitrogens with one attached hydrogen (secondary N) is 1. The molecule has 1 aliphatic heterocycles. The first-order valence-electron chi connectivity index (χ1n) is 9.12. The lowest BCUT2D eigenvalue weighted by Crippen LogP contribution is -2.50. The summed E-state index contributed by atoms with van der Waals surface area (Å²) in [5.41, 5.74) is 3.13. The van der Waals surface area contributed by atoms with Gasteiger partial charge in [-0.2, -0.15) is 0 Å². The molecule has 0 aliphatic carbocycles. The average molecular weight is 384 g/mol. The van der Waals surface area contributed by atoms with Crippen molar-refractivity contribution in [1.29, 1.82) is 0 Å². The van der Waals surface area contributed by atoms with Gasteiger partial charge in [0.05, 0.1) is 6.54 Å². The van der Waals surface area contributed by atoms with E-state index in [1.807, 2.05) is 60.5 Å². The molecule has 0 saturated carbocycles. The van der Waals surface area contributed by atoms with Gasteiger partial charge in [-0.05, 0) is 48.6 Å². The highest BCUT2D eigenvalue weighted by atomic mass is 32.1. The second-order valence-corrected chi connectivity index (χ2v) is 7.73. The standard InChI is InChI=1S/C21H25N3O2S/c1-16-5-3-7-19(17(16)2)22-20(25)15-23-10-12-24(13-11-23)21(26)9-8-18-6-4-14-27-18/h3-9,14H,10-13,15H2,1-2H3,(H,22,25). The quantitative estimate of drug-likeness (QED) is 0.807. The molecule has 5 nitrogen and oxygen atoms in total. The molecule has 0 atom stereocenters. The number of carbonyl (C=O) groups is 2. The van der Waals surface area contributed by atoms with Gasteiger partial charge < -0.3 is 10.2 Å². The summed E-state index contributed by atoms with van der Waals surface area (Å²) >= 11 is 1.61. The van der Waals surface area contributed by atoms with Crippen LogP contribution < -0.4 is 5.32 Å². The summed E-state index contributed by atoms with van der Waals surface area (Å²) in [7, 11) is 0. The van der Waals surface area contributed by atoms with Crippen LogP contribution in [-0.4, -0.2) is 54.3 Å². The number of amides is 2. The fourth-order valence-electron chi connectivity index (χ4n) is 3.05. The fourth-order valence-corrected chi connectivity index (χ4v) is 3.67. The van der Waals surface area contributed by atoms with E-state index in [0.717, 1.165) is 21.7 Å². The van der Waals surface area contributed by atoms with Gasteiger partial charge in [0.1, 0.15) is 0 Å². The number of hydrogen-bond donors (Lipinski definition) is 1. The average Bonchev–Trinajstić information content (AvgIpc) is 3.18. The number of carbonyl (C=O) groups excluding carboxylic acids is 2. The summed E-state index contributed by atoms with van der Waals surface area (Å²) in [6, 6.07) is 9.87. The zero-order valence-electron chi connectivity index (χ0n) is 15.8. The summed E-state index contributed by atoms with van der Waals surface area (Å²) in [4.78, 5) is 29.6. The Balaban J connectivity index is 1.45. The number of nitrogens with zero attached hydrogens (tertiary/aromatic N) is 2. The van der Waals surface area contributed by atoms with Gasteiger partial charge >= 0.3 is 0 Å². The van der Waals surface area contributed by atoms with Crippen molar-refractivity contribution >= 4 is 34.9 Å². The fraction of sp³-hybridized carbons (Fsp3) is 0.333. The molecular weight excluding hydrogens is 358 g/mol. The summed E-state index contributed by atoms with van der Waals surface area (Å²) in [6.45, 7) is 7.10. The second kappa shape index (κ2) is 8.97. The van der Waals surface area contributed by atoms with Gasteiger partial charge in [0, 0.05) is 42.8 Å². The first kappa shape index (κ1) is 19.3. The van der Waals surface area contributed by atoms with Crippen molar-refractivity contribution in [2.75, 3.05) is 38.0 Å². The van der Waals surface area contributed by atoms with Crippen molar-refractivity contribution in [1.82, 2.24) is 9.80 Å². The number of thiophene rings is 1. The Hall–Kier alpha value is -2.44. The highest BCUT2D eigenvalue weighted by Crippen LogP contribution is 2.18. The van der Waals surface area contributed by atoms with E-state index in [9.17, 15) is 9.59 Å². The third-order valence-electron chi connectivity index (χ3n) is 4.86. The van der Waals surface area contributed by atoms with Gasteiger partial charge in [0.25, 0.3) is 0 Å². The van der Waals surface area contributed by atoms with E-state index >= 15 is 0 Å². The Bertz CT molecular complexity index is 822. The van der Waals surface area contributed by atoms with Crippen molar-refractivity contribution in [3.8, 4) is 0 Å². The molecule has 1 fully saturated rings. The summed E-state index contributed by atoms with van der Waals surface area (Å²) in [6.07, 6.45) is 3.49. The number of piperazine rings is 1. The molecule has 6 heteroatoms. The number of rotatable bonds is 5. The topological polar surface area (TPSA) is 52.7 Å². The van der Waals surface area contributed by atoms with Crippen molar-refractivity contribution in [3.63, 3.8) is 0 Å². The first-order chi connectivity index (χ1) is 13.0. The van der Waals surface area contributed by atoms with Crippen LogP contribution in [0, 0.1) is 13.8 Å². The Labute approximate surface area is 164 Å². The lowest BCUT2D eigenvalue weighted by molar-refractivity contribution is -0.127. The zero-order chi connectivity index (χ0) is 19.2. The van der Waals surface area contributed by atoms with Gasteiger partial charge in [0.15, 0.2) is 0 Å². The van der Waals surface area contributed by atoms with E-state index in [2.05, 4.69) is 10.2 Å². The van der Waals surface area contributed by atoms with Gasteiger partial charge in [-0.15, -0.1) is 11.3 Å². The number of hydrogen-bond acceptors (Lipinski definition) is 4. The maximum Gasteiger partial charge on any atom is 0.246 e. The lowest BCUT2D eigenvalue weighted by Gasteiger charge is -2.33. The van der Waals surface area contributed by atoms with E-state index < -0.39 is 0 Å². The monoisotopic (exact) mass is 383 g/mol. The van der Waals surface area contributed by atoms with E-state index in [1.54, 1.807) is 17.4 Å².